The molecule has 27 heavy (non-hydrogen) atoms. The van der Waals surface area contributed by atoms with Gasteiger partial charge in [-0.2, -0.15) is 0 Å². The summed E-state index contributed by atoms with van der Waals surface area (Å²) in [5.74, 6) is 0.402. The number of aromatic amines is 1. The molecule has 6 nitrogen and oxygen atoms in total. The maximum Gasteiger partial charge on any atom is 0.233 e. The van der Waals surface area contributed by atoms with Gasteiger partial charge in [-0.25, -0.2) is 4.98 Å². The molecule has 1 saturated heterocycles. The molecule has 144 valence electrons. The topological polar surface area (TPSA) is 78.1 Å². The van der Waals surface area contributed by atoms with Crippen molar-refractivity contribution in [2.45, 2.75) is 44.3 Å². The number of H-pyrrole nitrogens is 1. The van der Waals surface area contributed by atoms with Gasteiger partial charge in [0.05, 0.1) is 11.4 Å². The Hall–Kier alpha value is -2.28. The van der Waals surface area contributed by atoms with Crippen LogP contribution in [0.1, 0.15) is 36.7 Å². The molecule has 1 aromatic heterocycles. The van der Waals surface area contributed by atoms with Crippen LogP contribution in [-0.4, -0.2) is 51.6 Å². The van der Waals surface area contributed by atoms with Crippen LogP contribution in [0.5, 0.6) is 0 Å². The molecule has 2 heterocycles. The van der Waals surface area contributed by atoms with E-state index in [0.29, 0.717) is 12.3 Å². The van der Waals surface area contributed by atoms with Crippen LogP contribution in [0.25, 0.3) is 0 Å². The summed E-state index contributed by atoms with van der Waals surface area (Å²) in [4.78, 5) is 33.6. The van der Waals surface area contributed by atoms with Crippen molar-refractivity contribution in [3.8, 4) is 0 Å². The molecule has 2 amide bonds. The van der Waals surface area contributed by atoms with Crippen LogP contribution in [0.15, 0.2) is 35.5 Å². The number of imidazole rings is 1. The number of piperidine rings is 1. The molecule has 0 aliphatic carbocycles. The average Bonchev–Trinajstić information content (AvgIpc) is 3.00. The number of nitrogens with one attached hydrogen (secondary N) is 2. The lowest BCUT2D eigenvalue weighted by molar-refractivity contribution is -0.130. The summed E-state index contributed by atoms with van der Waals surface area (Å²) in [6.07, 6.45) is 2.63. The second-order valence-corrected chi connectivity index (χ2v) is 7.91. The van der Waals surface area contributed by atoms with Crippen molar-refractivity contribution < 1.29 is 9.59 Å². The normalized spacial score (nSPS) is 17.0. The summed E-state index contributed by atoms with van der Waals surface area (Å²) in [6, 6.07) is 10.3. The molecule has 1 unspecified atom stereocenters. The third kappa shape index (κ3) is 5.60. The molecular formula is C20H26N4O2S. The molecule has 1 aliphatic heterocycles. The predicted octanol–water partition coefficient (Wildman–Crippen LogP) is 2.53. The van der Waals surface area contributed by atoms with Gasteiger partial charge in [-0.1, -0.05) is 42.1 Å². The predicted molar refractivity (Wildman–Crippen MR) is 107 cm³/mol. The Labute approximate surface area is 164 Å². The number of aryl methyl sites for hydroxylation is 1. The molecule has 0 bridgehead atoms. The van der Waals surface area contributed by atoms with Crippen molar-refractivity contribution >= 4 is 23.6 Å². The Morgan fingerprint density at radius 3 is 2.85 bits per heavy atom. The summed E-state index contributed by atoms with van der Waals surface area (Å²) in [5.41, 5.74) is 3.27. The molecule has 3 rings (SSSR count). The number of benzene rings is 1. The molecule has 1 fully saturated rings. The van der Waals surface area contributed by atoms with Gasteiger partial charge in [0, 0.05) is 38.2 Å². The van der Waals surface area contributed by atoms with Crippen molar-refractivity contribution in [2.24, 2.45) is 0 Å². The van der Waals surface area contributed by atoms with E-state index < -0.39 is 0 Å². The Morgan fingerprint density at radius 2 is 2.11 bits per heavy atom. The smallest absolute Gasteiger partial charge is 0.233 e. The van der Waals surface area contributed by atoms with E-state index in [2.05, 4.69) is 27.4 Å². The number of aromatic nitrogens is 2. The van der Waals surface area contributed by atoms with Gasteiger partial charge in [-0.3, -0.25) is 9.59 Å². The van der Waals surface area contributed by atoms with Crippen LogP contribution < -0.4 is 5.32 Å². The maximum atomic E-state index is 12.5. The number of rotatable bonds is 6. The Morgan fingerprint density at radius 1 is 1.33 bits per heavy atom. The van der Waals surface area contributed by atoms with Crippen molar-refractivity contribution in [1.82, 2.24) is 20.2 Å². The number of carbonyl (C=O) groups is 2. The first-order chi connectivity index (χ1) is 13.0. The molecule has 0 radical (unpaired) electrons. The Balaban J connectivity index is 1.53. The molecular weight excluding hydrogens is 360 g/mol. The number of hydrogen-bond donors (Lipinski definition) is 2. The van der Waals surface area contributed by atoms with E-state index >= 15 is 0 Å². The lowest BCUT2D eigenvalue weighted by Crippen LogP contribution is -2.49. The first-order valence-electron chi connectivity index (χ1n) is 9.28. The second kappa shape index (κ2) is 9.08. The average molecular weight is 387 g/mol. The number of likely N-dealkylation sites (tertiary alicyclic amines) is 1. The van der Waals surface area contributed by atoms with Gasteiger partial charge in [0.1, 0.15) is 0 Å². The number of hydrogen-bond acceptors (Lipinski definition) is 4. The van der Waals surface area contributed by atoms with Gasteiger partial charge in [-0.05, 0) is 25.3 Å². The monoisotopic (exact) mass is 386 g/mol. The first kappa shape index (κ1) is 19.5. The van der Waals surface area contributed by atoms with Crippen LogP contribution in [-0.2, 0) is 16.0 Å². The molecule has 1 aliphatic rings. The Bertz CT molecular complexity index is 791. The first-order valence-corrected chi connectivity index (χ1v) is 10.3. The SMILES string of the molecule is CC(=O)NC1CCCN(C(=O)CSc2nc(Cc3ccccc3)c(C)[nH]2)C1. The van der Waals surface area contributed by atoms with Gasteiger partial charge in [0.15, 0.2) is 5.16 Å². The van der Waals surface area contributed by atoms with Crippen LogP contribution in [0, 0.1) is 6.92 Å². The van der Waals surface area contributed by atoms with Crippen LogP contribution in [0.3, 0.4) is 0 Å². The highest BCUT2D eigenvalue weighted by Gasteiger charge is 2.24. The lowest BCUT2D eigenvalue weighted by atomic mass is 10.1. The van der Waals surface area contributed by atoms with E-state index in [9.17, 15) is 9.59 Å². The molecule has 0 saturated carbocycles. The van der Waals surface area contributed by atoms with Crippen molar-refractivity contribution in [3.05, 3.63) is 47.3 Å². The molecule has 2 aromatic rings. The lowest BCUT2D eigenvalue weighted by Gasteiger charge is -2.32. The van der Waals surface area contributed by atoms with Gasteiger partial charge in [-0.15, -0.1) is 0 Å². The van der Waals surface area contributed by atoms with E-state index in [1.165, 1.54) is 24.2 Å². The zero-order chi connectivity index (χ0) is 19.2. The zero-order valence-electron chi connectivity index (χ0n) is 15.8. The van der Waals surface area contributed by atoms with E-state index in [-0.39, 0.29) is 17.9 Å². The third-order valence-electron chi connectivity index (χ3n) is 4.69. The molecule has 1 aromatic carbocycles. The van der Waals surface area contributed by atoms with Gasteiger partial charge >= 0.3 is 0 Å². The maximum absolute atomic E-state index is 12.5. The minimum Gasteiger partial charge on any atom is -0.352 e. The number of amides is 2. The van der Waals surface area contributed by atoms with Crippen LogP contribution in [0.2, 0.25) is 0 Å². The third-order valence-corrected chi connectivity index (χ3v) is 5.55. The Kier molecular flexibility index (Phi) is 6.55. The minimum atomic E-state index is -0.0410. The van der Waals surface area contributed by atoms with E-state index in [1.54, 1.807) is 0 Å². The standard InChI is InChI=1S/C20H26N4O2S/c1-14-18(11-16-7-4-3-5-8-16)23-20(21-14)27-13-19(26)24-10-6-9-17(12-24)22-15(2)25/h3-5,7-8,17H,6,9-13H2,1-2H3,(H,21,23)(H,22,25). The fraction of sp³-hybridized carbons (Fsp3) is 0.450. The highest BCUT2D eigenvalue weighted by atomic mass is 32.2. The van der Waals surface area contributed by atoms with Gasteiger partial charge in [0.25, 0.3) is 0 Å². The number of thioether (sulfide) groups is 1. The minimum absolute atomic E-state index is 0.0410. The molecule has 0 spiro atoms. The van der Waals surface area contributed by atoms with Crippen molar-refractivity contribution in [3.63, 3.8) is 0 Å². The second-order valence-electron chi connectivity index (χ2n) is 6.94. The fourth-order valence-corrected chi connectivity index (χ4v) is 4.17. The van der Waals surface area contributed by atoms with Gasteiger partial charge < -0.3 is 15.2 Å². The number of nitrogens with zero attached hydrogens (tertiary/aromatic N) is 2. The van der Waals surface area contributed by atoms with Crippen LogP contribution >= 0.6 is 11.8 Å². The summed E-state index contributed by atoms with van der Waals surface area (Å²) >= 11 is 1.44. The van der Waals surface area contributed by atoms with Crippen molar-refractivity contribution in [2.75, 3.05) is 18.8 Å². The summed E-state index contributed by atoms with van der Waals surface area (Å²) in [5, 5.41) is 3.70. The number of carbonyl (C=O) groups excluding carboxylic acids is 2. The summed E-state index contributed by atoms with van der Waals surface area (Å²) in [6.45, 7) is 4.88. The highest BCUT2D eigenvalue weighted by molar-refractivity contribution is 7.99. The highest BCUT2D eigenvalue weighted by Crippen LogP contribution is 2.20. The quantitative estimate of drug-likeness (QED) is 0.748. The zero-order valence-corrected chi connectivity index (χ0v) is 16.6. The van der Waals surface area contributed by atoms with Gasteiger partial charge in [0.2, 0.25) is 11.8 Å². The van der Waals surface area contributed by atoms with Crippen molar-refractivity contribution in [1.29, 1.82) is 0 Å². The summed E-state index contributed by atoms with van der Waals surface area (Å²) < 4.78 is 0. The largest absolute Gasteiger partial charge is 0.352 e. The summed E-state index contributed by atoms with van der Waals surface area (Å²) in [7, 11) is 0. The van der Waals surface area contributed by atoms with E-state index in [4.69, 9.17) is 0 Å². The molecule has 7 heteroatoms. The van der Waals surface area contributed by atoms with E-state index in [0.717, 1.165) is 42.4 Å². The van der Waals surface area contributed by atoms with Crippen LogP contribution in [0.4, 0.5) is 0 Å². The molecule has 1 atom stereocenters. The molecule has 2 N–H and O–H groups in total. The fourth-order valence-electron chi connectivity index (χ4n) is 3.33. The van der Waals surface area contributed by atoms with E-state index in [1.807, 2.05) is 30.0 Å².